The molecule has 1 aliphatic heterocycles. The number of para-hydroxylation sites is 3. The average molecular weight is 900 g/mol. The molecule has 5 nitrogen and oxygen atoms in total. The molecule has 0 aliphatic carbocycles. The Morgan fingerprint density at radius 1 is 0.377 bits per heavy atom. The number of thiophene rings is 1. The second-order valence-corrected chi connectivity index (χ2v) is 18.8. The van der Waals surface area contributed by atoms with E-state index in [2.05, 4.69) is 245 Å². The summed E-state index contributed by atoms with van der Waals surface area (Å²) in [5, 5.41) is 11.3. The Balaban J connectivity index is 0.993. The van der Waals surface area contributed by atoms with Crippen LogP contribution in [0.15, 0.2) is 247 Å². The first-order valence-corrected chi connectivity index (χ1v) is 24.3. The number of aliphatic imine (C=N–C) groups is 2. The average Bonchev–Trinajstić information content (AvgIpc) is 4.10. The van der Waals surface area contributed by atoms with Gasteiger partial charge in [0, 0.05) is 54.7 Å². The van der Waals surface area contributed by atoms with Gasteiger partial charge < -0.3 is 14.5 Å². The molecule has 0 amide bonds. The number of aromatic nitrogens is 2. The van der Waals surface area contributed by atoms with Crippen LogP contribution in [0.3, 0.4) is 0 Å². The van der Waals surface area contributed by atoms with Crippen molar-refractivity contribution in [3.63, 3.8) is 0 Å². The molecule has 324 valence electrons. The Bertz CT molecular complexity index is 4220. The van der Waals surface area contributed by atoms with E-state index in [0.29, 0.717) is 5.84 Å². The molecule has 4 heterocycles. The van der Waals surface area contributed by atoms with Crippen molar-refractivity contribution in [2.24, 2.45) is 9.98 Å². The number of rotatable bonds is 7. The molecule has 10 aromatic carbocycles. The second-order valence-electron chi connectivity index (χ2n) is 17.7. The quantitative estimate of drug-likeness (QED) is 0.170. The molecule has 1 N–H and O–H groups in total. The Morgan fingerprint density at radius 2 is 0.870 bits per heavy atom. The van der Waals surface area contributed by atoms with Crippen LogP contribution in [0.25, 0.3) is 97.4 Å². The van der Waals surface area contributed by atoms with E-state index in [4.69, 9.17) is 9.98 Å². The lowest BCUT2D eigenvalue weighted by Crippen LogP contribution is -2.34. The number of hydrogen-bond acceptors (Lipinski definition) is 4. The van der Waals surface area contributed by atoms with E-state index in [1.807, 2.05) is 17.4 Å². The van der Waals surface area contributed by atoms with Crippen LogP contribution in [0.5, 0.6) is 0 Å². The Morgan fingerprint density at radius 3 is 1.54 bits per heavy atom. The fourth-order valence-electron chi connectivity index (χ4n) is 10.6. The minimum absolute atomic E-state index is 0.441. The van der Waals surface area contributed by atoms with Crippen molar-refractivity contribution in [2.45, 2.75) is 6.17 Å². The molecule has 6 heteroatoms. The molecule has 0 spiro atoms. The lowest BCUT2D eigenvalue weighted by molar-refractivity contribution is 0.671. The third kappa shape index (κ3) is 6.37. The number of hydrogen-bond donors (Lipinski definition) is 1. The highest BCUT2D eigenvalue weighted by atomic mass is 32.1. The molecule has 0 bridgehead atoms. The van der Waals surface area contributed by atoms with E-state index in [1.165, 1.54) is 69.4 Å². The van der Waals surface area contributed by atoms with Gasteiger partial charge in [-0.25, -0.2) is 9.98 Å². The number of nitrogens with zero attached hydrogens (tertiary/aromatic N) is 4. The van der Waals surface area contributed by atoms with Crippen LogP contribution in [-0.2, 0) is 0 Å². The first-order valence-electron chi connectivity index (χ1n) is 23.4. The highest BCUT2D eigenvalue weighted by Gasteiger charge is 2.27. The molecule has 1 atom stereocenters. The standard InChI is InChI=1S/C63H41N5S/c1-4-18-40(19-5-1)43-24-16-26-45(38-43)62-64-61(42-22-8-3-9-23-42)65-63(66-62)53-30-12-15-33-56(53)68-55-32-14-11-29-48(55)50-35-37-52-51-36-34-49-47-28-10-13-31-54(47)67(57(49)59(51)69-60(52)58(50)68)46-27-17-25-44(39-46)41-20-6-2-7-21-41/h1-39,63H,(H,64,65,66). The van der Waals surface area contributed by atoms with E-state index >= 15 is 0 Å². The van der Waals surface area contributed by atoms with Crippen LogP contribution >= 0.6 is 11.3 Å². The maximum absolute atomic E-state index is 5.43. The zero-order chi connectivity index (χ0) is 45.4. The lowest BCUT2D eigenvalue weighted by atomic mass is 10.0. The van der Waals surface area contributed by atoms with Gasteiger partial charge in [0.25, 0.3) is 0 Å². The molecule has 1 unspecified atom stereocenters. The van der Waals surface area contributed by atoms with E-state index in [-0.39, 0.29) is 0 Å². The van der Waals surface area contributed by atoms with Crippen molar-refractivity contribution in [1.82, 2.24) is 14.5 Å². The number of amidine groups is 2. The summed E-state index contributed by atoms with van der Waals surface area (Å²) < 4.78 is 7.50. The molecule has 1 aliphatic rings. The molecule has 14 rings (SSSR count). The van der Waals surface area contributed by atoms with Crippen molar-refractivity contribution in [3.8, 4) is 33.6 Å². The third-order valence-corrected chi connectivity index (χ3v) is 15.0. The second kappa shape index (κ2) is 15.9. The summed E-state index contributed by atoms with van der Waals surface area (Å²) in [7, 11) is 0. The van der Waals surface area contributed by atoms with Gasteiger partial charge in [-0.1, -0.05) is 200 Å². The smallest absolute Gasteiger partial charge is 0.159 e. The Labute approximate surface area is 402 Å². The van der Waals surface area contributed by atoms with E-state index in [1.54, 1.807) is 0 Å². The van der Waals surface area contributed by atoms with Crippen molar-refractivity contribution in [3.05, 3.63) is 253 Å². The minimum atomic E-state index is -0.441. The maximum Gasteiger partial charge on any atom is 0.159 e. The zero-order valence-electron chi connectivity index (χ0n) is 37.3. The first kappa shape index (κ1) is 39.3. The largest absolute Gasteiger partial charge is 0.344 e. The first-order chi connectivity index (χ1) is 34.2. The van der Waals surface area contributed by atoms with Gasteiger partial charge in [0.2, 0.25) is 0 Å². The molecular weight excluding hydrogens is 859 g/mol. The summed E-state index contributed by atoms with van der Waals surface area (Å²) in [6.07, 6.45) is -0.441. The minimum Gasteiger partial charge on any atom is -0.344 e. The fourth-order valence-corrected chi connectivity index (χ4v) is 12.0. The normalized spacial score (nSPS) is 13.9. The van der Waals surface area contributed by atoms with Gasteiger partial charge in [-0.2, -0.15) is 0 Å². The summed E-state index contributed by atoms with van der Waals surface area (Å²) in [5.74, 6) is 1.47. The molecule has 3 aromatic heterocycles. The van der Waals surface area contributed by atoms with Gasteiger partial charge in [-0.15, -0.1) is 11.3 Å². The topological polar surface area (TPSA) is 46.6 Å². The summed E-state index contributed by atoms with van der Waals surface area (Å²) in [6.45, 7) is 0. The molecule has 0 saturated heterocycles. The highest BCUT2D eigenvalue weighted by molar-refractivity contribution is 7.27. The molecule has 13 aromatic rings. The van der Waals surface area contributed by atoms with Gasteiger partial charge >= 0.3 is 0 Å². The summed E-state index contributed by atoms with van der Waals surface area (Å²) in [6, 6.07) is 84.9. The Kier molecular flexibility index (Phi) is 9.07. The zero-order valence-corrected chi connectivity index (χ0v) is 38.1. The molecule has 0 saturated carbocycles. The van der Waals surface area contributed by atoms with Crippen LogP contribution in [0, 0.1) is 0 Å². The predicted molar refractivity (Wildman–Crippen MR) is 291 cm³/mol. The summed E-state index contributed by atoms with van der Waals surface area (Å²) in [4.78, 5) is 10.7. The predicted octanol–water partition coefficient (Wildman–Crippen LogP) is 16.1. The lowest BCUT2D eigenvalue weighted by Gasteiger charge is -2.26. The monoisotopic (exact) mass is 899 g/mol. The van der Waals surface area contributed by atoms with Crippen molar-refractivity contribution >= 4 is 86.8 Å². The van der Waals surface area contributed by atoms with Gasteiger partial charge in [-0.3, -0.25) is 0 Å². The maximum atomic E-state index is 5.43. The van der Waals surface area contributed by atoms with E-state index in [0.717, 1.165) is 50.5 Å². The van der Waals surface area contributed by atoms with Crippen molar-refractivity contribution < 1.29 is 0 Å². The molecule has 0 fully saturated rings. The molecule has 0 radical (unpaired) electrons. The van der Waals surface area contributed by atoms with Gasteiger partial charge in [-0.05, 0) is 58.7 Å². The SMILES string of the molecule is c1ccc(C2=NC(c3ccccc3-n3c4ccccc4c4ccc5c6ccc7c8ccccc8n(-c8cccc(-c9ccccc9)c8)c7c6sc5c43)NC(c3cccc(-c4ccccc4)c3)=N2)cc1. The van der Waals surface area contributed by atoms with Gasteiger partial charge in [0.15, 0.2) is 5.84 Å². The van der Waals surface area contributed by atoms with Gasteiger partial charge in [0.05, 0.1) is 37.2 Å². The third-order valence-electron chi connectivity index (χ3n) is 13.8. The van der Waals surface area contributed by atoms with Crippen molar-refractivity contribution in [1.29, 1.82) is 0 Å². The van der Waals surface area contributed by atoms with Gasteiger partial charge in [0.1, 0.15) is 12.0 Å². The van der Waals surface area contributed by atoms with Crippen LogP contribution in [0.1, 0.15) is 22.9 Å². The van der Waals surface area contributed by atoms with Crippen LogP contribution in [0.2, 0.25) is 0 Å². The van der Waals surface area contributed by atoms with E-state index < -0.39 is 6.17 Å². The highest BCUT2D eigenvalue weighted by Crippen LogP contribution is 2.48. The molecule has 69 heavy (non-hydrogen) atoms. The Hall–Kier alpha value is -8.84. The summed E-state index contributed by atoms with van der Waals surface area (Å²) >= 11 is 1.90. The van der Waals surface area contributed by atoms with E-state index in [9.17, 15) is 0 Å². The number of nitrogens with one attached hydrogen (secondary N) is 1. The summed E-state index contributed by atoms with van der Waals surface area (Å²) in [5.41, 5.74) is 14.7. The van der Waals surface area contributed by atoms with Crippen molar-refractivity contribution in [2.75, 3.05) is 0 Å². The fraction of sp³-hybridized carbons (Fsp3) is 0.0159. The number of fused-ring (bicyclic) bond motifs is 11. The van der Waals surface area contributed by atoms with Crippen LogP contribution in [0.4, 0.5) is 0 Å². The van der Waals surface area contributed by atoms with Crippen LogP contribution < -0.4 is 5.32 Å². The number of benzene rings is 10. The molecular formula is C63H41N5S. The van der Waals surface area contributed by atoms with Crippen LogP contribution in [-0.4, -0.2) is 20.8 Å².